The van der Waals surface area contributed by atoms with Gasteiger partial charge in [-0.15, -0.1) is 11.3 Å². The van der Waals surface area contributed by atoms with Crippen LogP contribution in [0.15, 0.2) is 71.0 Å². The Labute approximate surface area is 238 Å². The molecule has 0 atom stereocenters. The normalized spacial score (nSPS) is 11.8. The number of benzene rings is 3. The molecule has 0 saturated heterocycles. The van der Waals surface area contributed by atoms with Gasteiger partial charge in [-0.2, -0.15) is 0 Å². The maximum absolute atomic E-state index is 12.7. The Bertz CT molecular complexity index is 1560. The third kappa shape index (κ3) is 6.58. The van der Waals surface area contributed by atoms with E-state index in [1.54, 1.807) is 64.0 Å². The van der Waals surface area contributed by atoms with Crippen molar-refractivity contribution in [1.82, 2.24) is 4.98 Å². The number of aromatic hydroxyl groups is 1. The van der Waals surface area contributed by atoms with Crippen LogP contribution in [-0.4, -0.2) is 43.4 Å². The molecule has 0 amide bonds. The Morgan fingerprint density at radius 1 is 0.950 bits per heavy atom. The van der Waals surface area contributed by atoms with Crippen molar-refractivity contribution in [3.05, 3.63) is 88.3 Å². The van der Waals surface area contributed by atoms with Gasteiger partial charge in [-0.1, -0.05) is 26.8 Å². The predicted octanol–water partition coefficient (Wildman–Crippen LogP) is 7.49. The first-order chi connectivity index (χ1) is 19.1. The van der Waals surface area contributed by atoms with Gasteiger partial charge in [0.2, 0.25) is 5.13 Å². The van der Waals surface area contributed by atoms with E-state index in [0.717, 1.165) is 22.4 Å². The van der Waals surface area contributed by atoms with Gasteiger partial charge < -0.3 is 19.3 Å². The van der Waals surface area contributed by atoms with Crippen LogP contribution >= 0.6 is 11.3 Å². The molecule has 3 aromatic carbocycles. The van der Waals surface area contributed by atoms with Crippen molar-refractivity contribution >= 4 is 34.5 Å². The molecule has 8 heteroatoms. The first-order valence-corrected chi connectivity index (χ1v) is 13.5. The van der Waals surface area contributed by atoms with E-state index in [9.17, 15) is 9.90 Å². The topological polar surface area (TPSA) is 90.2 Å². The lowest BCUT2D eigenvalue weighted by Gasteiger charge is -2.22. The number of rotatable bonds is 9. The predicted molar refractivity (Wildman–Crippen MR) is 161 cm³/mol. The van der Waals surface area contributed by atoms with Crippen molar-refractivity contribution in [1.29, 1.82) is 0 Å². The van der Waals surface area contributed by atoms with Crippen LogP contribution in [0.4, 0.5) is 5.13 Å². The van der Waals surface area contributed by atoms with Crippen LogP contribution in [0.3, 0.4) is 0 Å². The van der Waals surface area contributed by atoms with Gasteiger partial charge in [0.15, 0.2) is 17.3 Å². The highest BCUT2D eigenvalue weighted by molar-refractivity contribution is 7.13. The first kappa shape index (κ1) is 28.6. The minimum absolute atomic E-state index is 0.131. The molecule has 1 N–H and O–H groups in total. The van der Waals surface area contributed by atoms with Crippen molar-refractivity contribution in [2.75, 3.05) is 21.3 Å². The molecular formula is C32H32N2O5S. The largest absolute Gasteiger partial charge is 0.507 e. The lowest BCUT2D eigenvalue weighted by Crippen LogP contribution is -2.12. The Hall–Kier alpha value is -4.43. The molecule has 0 aliphatic heterocycles. The molecule has 0 bridgehead atoms. The van der Waals surface area contributed by atoms with E-state index in [1.807, 2.05) is 50.4 Å². The van der Waals surface area contributed by atoms with Crippen molar-refractivity contribution in [3.63, 3.8) is 0 Å². The van der Waals surface area contributed by atoms with E-state index in [0.29, 0.717) is 33.5 Å². The Morgan fingerprint density at radius 3 is 2.33 bits per heavy atom. The monoisotopic (exact) mass is 556 g/mol. The number of aromatic nitrogens is 1. The molecule has 0 unspecified atom stereocenters. The molecule has 206 valence electrons. The van der Waals surface area contributed by atoms with E-state index in [2.05, 4.69) is 9.98 Å². The zero-order chi connectivity index (χ0) is 28.9. The number of aliphatic imine (C=N–C) groups is 1. The fraction of sp³-hybridized carbons (Fsp3) is 0.219. The number of hydrogen-bond acceptors (Lipinski definition) is 8. The highest BCUT2D eigenvalue weighted by Crippen LogP contribution is 2.36. The van der Waals surface area contributed by atoms with Crippen molar-refractivity contribution < 1.29 is 24.1 Å². The molecule has 40 heavy (non-hydrogen) atoms. The second-order valence-corrected chi connectivity index (χ2v) is 10.9. The van der Waals surface area contributed by atoms with E-state index in [4.69, 9.17) is 14.2 Å². The third-order valence-corrected chi connectivity index (χ3v) is 7.01. The number of ether oxygens (including phenoxy) is 3. The molecule has 0 spiro atoms. The summed E-state index contributed by atoms with van der Waals surface area (Å²) in [6.07, 6.45) is 4.87. The van der Waals surface area contributed by atoms with Crippen LogP contribution in [-0.2, 0) is 5.41 Å². The summed E-state index contributed by atoms with van der Waals surface area (Å²) in [5.41, 5.74) is 3.91. The molecule has 7 nitrogen and oxygen atoms in total. The molecule has 0 fully saturated rings. The SMILES string of the molecule is COc1ccc(C(=O)/C=C/c2cc(C=Nc3nc(-c4ccc(OC)c(OC)c4)cs3)c(O)c(C(C)(C)C)c2)cc1. The summed E-state index contributed by atoms with van der Waals surface area (Å²) in [7, 11) is 4.77. The average Bonchev–Trinajstić information content (AvgIpc) is 3.43. The van der Waals surface area contributed by atoms with Crippen molar-refractivity contribution in [2.24, 2.45) is 4.99 Å². The fourth-order valence-electron chi connectivity index (χ4n) is 4.05. The lowest BCUT2D eigenvalue weighted by atomic mass is 9.84. The van der Waals surface area contributed by atoms with E-state index in [-0.39, 0.29) is 16.9 Å². The van der Waals surface area contributed by atoms with E-state index in [1.165, 1.54) is 17.4 Å². The summed E-state index contributed by atoms with van der Waals surface area (Å²) in [6, 6.07) is 16.3. The number of nitrogens with zero attached hydrogens (tertiary/aromatic N) is 2. The summed E-state index contributed by atoms with van der Waals surface area (Å²) in [5.74, 6) is 1.96. The number of ketones is 1. The second kappa shape index (κ2) is 12.2. The number of thiazole rings is 1. The van der Waals surface area contributed by atoms with Crippen LogP contribution < -0.4 is 14.2 Å². The maximum Gasteiger partial charge on any atom is 0.209 e. The molecule has 0 aliphatic rings. The number of phenolic OH excluding ortho intramolecular Hbond substituents is 1. The number of hydrogen-bond donors (Lipinski definition) is 1. The van der Waals surface area contributed by atoms with Gasteiger partial charge in [-0.3, -0.25) is 4.79 Å². The van der Waals surface area contributed by atoms with Gasteiger partial charge in [-0.25, -0.2) is 9.98 Å². The van der Waals surface area contributed by atoms with Crippen molar-refractivity contribution in [3.8, 4) is 34.3 Å². The minimum Gasteiger partial charge on any atom is -0.507 e. The number of carbonyl (C=O) groups excluding carboxylic acids is 1. The number of allylic oxidation sites excluding steroid dienone is 1. The molecule has 1 heterocycles. The highest BCUT2D eigenvalue weighted by atomic mass is 32.1. The summed E-state index contributed by atoms with van der Waals surface area (Å²) < 4.78 is 15.9. The Morgan fingerprint density at radius 2 is 1.68 bits per heavy atom. The molecular weight excluding hydrogens is 524 g/mol. The van der Waals surface area contributed by atoms with Gasteiger partial charge in [-0.05, 0) is 71.7 Å². The summed E-state index contributed by atoms with van der Waals surface area (Å²) in [5, 5.41) is 13.5. The molecule has 0 radical (unpaired) electrons. The first-order valence-electron chi connectivity index (χ1n) is 12.6. The van der Waals surface area contributed by atoms with Gasteiger partial charge in [0.25, 0.3) is 0 Å². The van der Waals surface area contributed by atoms with Gasteiger partial charge in [0, 0.05) is 33.8 Å². The van der Waals surface area contributed by atoms with E-state index < -0.39 is 0 Å². The number of methoxy groups -OCH3 is 3. The van der Waals surface area contributed by atoms with Crippen LogP contribution in [0.5, 0.6) is 23.0 Å². The van der Waals surface area contributed by atoms with Gasteiger partial charge >= 0.3 is 0 Å². The average molecular weight is 557 g/mol. The third-order valence-electron chi connectivity index (χ3n) is 6.26. The minimum atomic E-state index is -0.335. The Kier molecular flexibility index (Phi) is 8.70. The van der Waals surface area contributed by atoms with Crippen LogP contribution in [0.25, 0.3) is 17.3 Å². The Balaban J connectivity index is 1.62. The van der Waals surface area contributed by atoms with E-state index >= 15 is 0 Å². The molecule has 4 aromatic rings. The summed E-state index contributed by atoms with van der Waals surface area (Å²) in [6.45, 7) is 6.07. The van der Waals surface area contributed by atoms with Crippen LogP contribution in [0.1, 0.15) is 47.8 Å². The molecule has 4 rings (SSSR count). The highest BCUT2D eigenvalue weighted by Gasteiger charge is 2.21. The zero-order valence-corrected chi connectivity index (χ0v) is 24.2. The second-order valence-electron chi connectivity index (χ2n) is 10.0. The summed E-state index contributed by atoms with van der Waals surface area (Å²) >= 11 is 1.39. The summed E-state index contributed by atoms with van der Waals surface area (Å²) in [4.78, 5) is 21.9. The van der Waals surface area contributed by atoms with Crippen molar-refractivity contribution in [2.45, 2.75) is 26.2 Å². The quantitative estimate of drug-likeness (QED) is 0.131. The van der Waals surface area contributed by atoms with Crippen LogP contribution in [0.2, 0.25) is 0 Å². The maximum atomic E-state index is 12.7. The number of carbonyl (C=O) groups is 1. The van der Waals surface area contributed by atoms with Gasteiger partial charge in [0.1, 0.15) is 11.5 Å². The molecule has 1 aromatic heterocycles. The molecule has 0 aliphatic carbocycles. The fourth-order valence-corrected chi connectivity index (χ4v) is 4.72. The zero-order valence-electron chi connectivity index (χ0n) is 23.4. The van der Waals surface area contributed by atoms with Crippen LogP contribution in [0, 0.1) is 0 Å². The van der Waals surface area contributed by atoms with Gasteiger partial charge in [0.05, 0.1) is 27.0 Å². The number of phenols is 1. The molecule has 0 saturated carbocycles. The lowest BCUT2D eigenvalue weighted by molar-refractivity contribution is 0.104. The smallest absolute Gasteiger partial charge is 0.209 e. The standard InChI is InChI=1S/C32H32N2O5S/c1-32(2,3)25-16-20(7-13-27(35)21-8-11-24(37-4)12-9-21)15-23(30(25)36)18-33-31-34-26(19-40-31)22-10-14-28(38-5)29(17-22)39-6/h7-19,36H,1-6H3/b13-7+,33-18?.